The van der Waals surface area contributed by atoms with Gasteiger partial charge in [-0.25, -0.2) is 0 Å². The van der Waals surface area contributed by atoms with Crippen LogP contribution in [0, 0.1) is 0 Å². The molecule has 1 aliphatic heterocycles. The number of nitrogens with zero attached hydrogens (tertiary/aromatic N) is 3. The van der Waals surface area contributed by atoms with E-state index in [1.54, 1.807) is 7.11 Å². The van der Waals surface area contributed by atoms with Gasteiger partial charge in [-0.3, -0.25) is 9.88 Å². The van der Waals surface area contributed by atoms with Gasteiger partial charge in [0, 0.05) is 58.3 Å². The fraction of sp³-hybridized carbons (Fsp3) is 0.688. The zero-order chi connectivity index (χ0) is 14.2. The molecule has 0 amide bonds. The van der Waals surface area contributed by atoms with E-state index in [0.29, 0.717) is 6.04 Å². The van der Waals surface area contributed by atoms with Crippen LogP contribution < -0.4 is 0 Å². The first-order valence-corrected chi connectivity index (χ1v) is 7.67. The zero-order valence-corrected chi connectivity index (χ0v) is 12.8. The van der Waals surface area contributed by atoms with Crippen LogP contribution in [0.3, 0.4) is 0 Å². The van der Waals surface area contributed by atoms with Gasteiger partial charge in [0.25, 0.3) is 0 Å². The van der Waals surface area contributed by atoms with Crippen LogP contribution in [0.1, 0.15) is 18.9 Å². The Hall–Kier alpha value is -0.970. The summed E-state index contributed by atoms with van der Waals surface area (Å²) < 4.78 is 5.21. The van der Waals surface area contributed by atoms with E-state index >= 15 is 0 Å². The lowest BCUT2D eigenvalue weighted by Crippen LogP contribution is -2.53. The van der Waals surface area contributed by atoms with Crippen LogP contribution in [0.15, 0.2) is 24.5 Å². The predicted molar refractivity (Wildman–Crippen MR) is 81.9 cm³/mol. The molecule has 1 aliphatic rings. The number of methoxy groups -OCH3 is 1. The standard InChI is InChI=1S/C16H27N3O/c1-3-16-14-18(10-11-19(16)12-13-20-2)9-6-15-4-7-17-8-5-15/h4-5,7-8,16H,3,6,9-14H2,1-2H3/t16-/m1/s1. The quantitative estimate of drug-likeness (QED) is 0.758. The highest BCUT2D eigenvalue weighted by atomic mass is 16.5. The van der Waals surface area contributed by atoms with E-state index in [2.05, 4.69) is 33.8 Å². The van der Waals surface area contributed by atoms with Gasteiger partial charge in [-0.2, -0.15) is 0 Å². The molecular formula is C16H27N3O. The second-order valence-electron chi connectivity index (χ2n) is 5.50. The minimum Gasteiger partial charge on any atom is -0.383 e. The molecule has 1 saturated heterocycles. The van der Waals surface area contributed by atoms with Crippen molar-refractivity contribution in [1.29, 1.82) is 0 Å². The van der Waals surface area contributed by atoms with Crippen molar-refractivity contribution in [3.63, 3.8) is 0 Å². The van der Waals surface area contributed by atoms with Crippen molar-refractivity contribution in [2.24, 2.45) is 0 Å². The summed E-state index contributed by atoms with van der Waals surface area (Å²) in [6.07, 6.45) is 6.10. The third kappa shape index (κ3) is 4.54. The molecule has 0 aliphatic carbocycles. The Balaban J connectivity index is 1.78. The van der Waals surface area contributed by atoms with Crippen LogP contribution in [0.5, 0.6) is 0 Å². The van der Waals surface area contributed by atoms with Crippen LogP contribution in [0.25, 0.3) is 0 Å². The topological polar surface area (TPSA) is 28.6 Å². The summed E-state index contributed by atoms with van der Waals surface area (Å²) in [5.74, 6) is 0. The minimum absolute atomic E-state index is 0.677. The van der Waals surface area contributed by atoms with Crippen LogP contribution in [-0.2, 0) is 11.2 Å². The highest BCUT2D eigenvalue weighted by Gasteiger charge is 2.24. The van der Waals surface area contributed by atoms with E-state index in [1.165, 1.54) is 25.1 Å². The molecule has 2 rings (SSSR count). The van der Waals surface area contributed by atoms with Crippen LogP contribution in [0.4, 0.5) is 0 Å². The molecule has 112 valence electrons. The molecule has 1 atom stereocenters. The molecule has 0 bridgehead atoms. The maximum atomic E-state index is 5.21. The largest absolute Gasteiger partial charge is 0.383 e. The summed E-state index contributed by atoms with van der Waals surface area (Å²) in [6.45, 7) is 8.87. The second-order valence-corrected chi connectivity index (χ2v) is 5.50. The number of hydrogen-bond acceptors (Lipinski definition) is 4. The van der Waals surface area contributed by atoms with E-state index < -0.39 is 0 Å². The van der Waals surface area contributed by atoms with E-state index in [1.807, 2.05) is 12.4 Å². The predicted octanol–water partition coefficient (Wildman–Crippen LogP) is 1.67. The fourth-order valence-electron chi connectivity index (χ4n) is 2.89. The van der Waals surface area contributed by atoms with E-state index in [-0.39, 0.29) is 0 Å². The maximum Gasteiger partial charge on any atom is 0.0589 e. The molecule has 0 radical (unpaired) electrons. The molecule has 1 aromatic rings. The van der Waals surface area contributed by atoms with Crippen LogP contribution in [-0.4, -0.2) is 67.3 Å². The maximum absolute atomic E-state index is 5.21. The molecule has 4 nitrogen and oxygen atoms in total. The number of aromatic nitrogens is 1. The molecule has 20 heavy (non-hydrogen) atoms. The van der Waals surface area contributed by atoms with Gasteiger partial charge < -0.3 is 9.64 Å². The molecule has 1 aromatic heterocycles. The lowest BCUT2D eigenvalue weighted by Gasteiger charge is -2.41. The van der Waals surface area contributed by atoms with Gasteiger partial charge in [0.15, 0.2) is 0 Å². The van der Waals surface area contributed by atoms with E-state index in [0.717, 1.165) is 32.7 Å². The second kappa shape index (κ2) is 8.35. The highest BCUT2D eigenvalue weighted by Crippen LogP contribution is 2.13. The first-order valence-electron chi connectivity index (χ1n) is 7.67. The van der Waals surface area contributed by atoms with E-state index in [4.69, 9.17) is 4.74 Å². The van der Waals surface area contributed by atoms with Gasteiger partial charge in [0.2, 0.25) is 0 Å². The van der Waals surface area contributed by atoms with Gasteiger partial charge in [-0.1, -0.05) is 6.92 Å². The highest BCUT2D eigenvalue weighted by molar-refractivity contribution is 5.10. The van der Waals surface area contributed by atoms with Crippen molar-refractivity contribution in [1.82, 2.24) is 14.8 Å². The third-order valence-corrected chi connectivity index (χ3v) is 4.21. The lowest BCUT2D eigenvalue weighted by atomic mass is 10.1. The first kappa shape index (κ1) is 15.4. The van der Waals surface area contributed by atoms with Gasteiger partial charge in [0.05, 0.1) is 6.61 Å². The van der Waals surface area contributed by atoms with Crippen molar-refractivity contribution in [2.75, 3.05) is 46.4 Å². The minimum atomic E-state index is 0.677. The van der Waals surface area contributed by atoms with Crippen molar-refractivity contribution >= 4 is 0 Å². The molecule has 0 saturated carbocycles. The van der Waals surface area contributed by atoms with Crippen LogP contribution >= 0.6 is 0 Å². The third-order valence-electron chi connectivity index (χ3n) is 4.21. The Kier molecular flexibility index (Phi) is 6.43. The first-order chi connectivity index (χ1) is 9.83. The van der Waals surface area contributed by atoms with Crippen LogP contribution in [0.2, 0.25) is 0 Å². The average molecular weight is 277 g/mol. The summed E-state index contributed by atoms with van der Waals surface area (Å²) in [6, 6.07) is 4.91. The SMILES string of the molecule is CC[C@@H]1CN(CCc2ccncc2)CCN1CCOC. The number of pyridine rings is 1. The summed E-state index contributed by atoms with van der Waals surface area (Å²) >= 11 is 0. The molecule has 0 aromatic carbocycles. The summed E-state index contributed by atoms with van der Waals surface area (Å²) in [4.78, 5) is 9.24. The van der Waals surface area contributed by atoms with Crippen molar-refractivity contribution < 1.29 is 4.74 Å². The van der Waals surface area contributed by atoms with Gasteiger partial charge in [0.1, 0.15) is 0 Å². The molecule has 2 heterocycles. The van der Waals surface area contributed by atoms with Crippen molar-refractivity contribution in [3.8, 4) is 0 Å². The fourth-order valence-corrected chi connectivity index (χ4v) is 2.89. The normalized spacial score (nSPS) is 21.2. The molecule has 0 unspecified atom stereocenters. The Bertz CT molecular complexity index is 371. The Morgan fingerprint density at radius 2 is 2.05 bits per heavy atom. The smallest absolute Gasteiger partial charge is 0.0589 e. The Morgan fingerprint density at radius 3 is 2.75 bits per heavy atom. The summed E-state index contributed by atoms with van der Waals surface area (Å²) in [5.41, 5.74) is 1.38. The van der Waals surface area contributed by atoms with Gasteiger partial charge >= 0.3 is 0 Å². The van der Waals surface area contributed by atoms with Gasteiger partial charge in [-0.05, 0) is 30.5 Å². The molecular weight excluding hydrogens is 250 g/mol. The van der Waals surface area contributed by atoms with Crippen molar-refractivity contribution in [3.05, 3.63) is 30.1 Å². The monoisotopic (exact) mass is 277 g/mol. The number of rotatable bonds is 7. The molecule has 0 N–H and O–H groups in total. The average Bonchev–Trinajstić information content (AvgIpc) is 2.52. The van der Waals surface area contributed by atoms with E-state index in [9.17, 15) is 0 Å². The molecule has 0 spiro atoms. The van der Waals surface area contributed by atoms with Gasteiger partial charge in [-0.15, -0.1) is 0 Å². The number of piperazine rings is 1. The van der Waals surface area contributed by atoms with Crippen molar-refractivity contribution in [2.45, 2.75) is 25.8 Å². The summed E-state index contributed by atoms with van der Waals surface area (Å²) in [7, 11) is 1.78. The summed E-state index contributed by atoms with van der Waals surface area (Å²) in [5, 5.41) is 0. The lowest BCUT2D eigenvalue weighted by molar-refractivity contribution is 0.0503. The zero-order valence-electron chi connectivity index (χ0n) is 12.8. The number of ether oxygens (including phenoxy) is 1. The Labute approximate surface area is 122 Å². The Morgan fingerprint density at radius 1 is 1.25 bits per heavy atom. The molecule has 4 heteroatoms. The number of hydrogen-bond donors (Lipinski definition) is 0. The molecule has 1 fully saturated rings.